The van der Waals surface area contributed by atoms with Gasteiger partial charge in [-0.25, -0.2) is 89.4 Å². The normalized spacial score (nSPS) is 18.0. The molecule has 3 saturated carbocycles. The van der Waals surface area contributed by atoms with Crippen LogP contribution in [0.2, 0.25) is 0 Å². The van der Waals surface area contributed by atoms with E-state index < -0.39 is 58.5 Å². The summed E-state index contributed by atoms with van der Waals surface area (Å²) >= 11 is 0. The quantitative estimate of drug-likeness (QED) is 0.0297. The molecule has 6 fully saturated rings. The summed E-state index contributed by atoms with van der Waals surface area (Å²) in [6.45, 7) is 10.8. The number of anilines is 4. The Morgan fingerprint density at radius 2 is 0.578 bits per heavy atom. The molecular formula is C112H114F8N22O5. The van der Waals surface area contributed by atoms with Crippen LogP contribution in [0, 0.1) is 52.0 Å². The fourth-order valence-electron chi connectivity index (χ4n) is 20.4. The van der Waals surface area contributed by atoms with Crippen LogP contribution in [0.1, 0.15) is 143 Å². The highest BCUT2D eigenvalue weighted by Crippen LogP contribution is 2.41. The van der Waals surface area contributed by atoms with E-state index in [2.05, 4.69) is 67.1 Å². The molecule has 3 aliphatic carbocycles. The Labute approximate surface area is 843 Å². The minimum Gasteiger partial charge on any atom is -0.481 e. The number of urea groups is 3. The van der Waals surface area contributed by atoms with Crippen molar-refractivity contribution in [1.82, 2.24) is 90.5 Å². The summed E-state index contributed by atoms with van der Waals surface area (Å²) in [5.74, 6) is -2.56. The van der Waals surface area contributed by atoms with Crippen LogP contribution in [-0.4, -0.2) is 185 Å². The first kappa shape index (κ1) is 99.9. The van der Waals surface area contributed by atoms with Gasteiger partial charge in [-0.15, -0.1) is 0 Å². The van der Waals surface area contributed by atoms with Crippen LogP contribution in [0.3, 0.4) is 0 Å². The number of carbonyl (C=O) groups excluding carboxylic acids is 3. The van der Waals surface area contributed by atoms with Gasteiger partial charge in [-0.05, 0) is 145 Å². The van der Waals surface area contributed by atoms with Crippen molar-refractivity contribution in [3.8, 4) is 90.6 Å². The van der Waals surface area contributed by atoms with E-state index in [1.165, 1.54) is 24.3 Å². The summed E-state index contributed by atoms with van der Waals surface area (Å²) in [5.41, 5.74) is 8.74. The monoisotopic (exact) mass is 2000 g/mol. The fourth-order valence-corrected chi connectivity index (χ4v) is 20.4. The fraction of sp³-hybridized carbons (Fsp3) is 0.321. The van der Waals surface area contributed by atoms with Crippen molar-refractivity contribution in [3.63, 3.8) is 0 Å². The van der Waals surface area contributed by atoms with Gasteiger partial charge in [0.05, 0.1) is 51.3 Å². The first-order chi connectivity index (χ1) is 71.2. The minimum atomic E-state index is -0.928. The lowest BCUT2D eigenvalue weighted by molar-refractivity contribution is -0.137. The number of carbonyl (C=O) groups is 4. The molecule has 7 atom stereocenters. The number of carboxylic acids is 1. The number of amides is 6. The van der Waals surface area contributed by atoms with Gasteiger partial charge in [0.15, 0.2) is 23.3 Å². The Hall–Kier alpha value is -15.8. The van der Waals surface area contributed by atoms with Crippen LogP contribution in [0.4, 0.5) is 72.8 Å². The lowest BCUT2D eigenvalue weighted by Gasteiger charge is -2.32. The number of rotatable bonds is 21. The second kappa shape index (κ2) is 44.8. The number of aromatic nitrogens is 12. The number of fused-ring (bicyclic) bond motifs is 4. The molecule has 12 N–H and O–H groups in total. The molecule has 8 aromatic carbocycles. The third-order valence-corrected chi connectivity index (χ3v) is 28.0. The number of likely N-dealkylation sites (tertiary alicyclic amines) is 3. The minimum absolute atomic E-state index is 0.0302. The van der Waals surface area contributed by atoms with Crippen molar-refractivity contribution in [2.24, 2.45) is 5.41 Å². The zero-order chi connectivity index (χ0) is 102. The number of benzene rings is 8. The molecule has 6 amide bonds. The predicted octanol–water partition coefficient (Wildman–Crippen LogP) is 24.2. The Kier molecular flexibility index (Phi) is 30.4. The van der Waals surface area contributed by atoms with Crippen LogP contribution in [-0.2, 0) is 4.79 Å². The summed E-state index contributed by atoms with van der Waals surface area (Å²) in [6.07, 6.45) is 23.8. The lowest BCUT2D eigenvalue weighted by atomic mass is 9.84. The Morgan fingerprint density at radius 1 is 0.333 bits per heavy atom. The molecule has 3 aliphatic heterocycles. The van der Waals surface area contributed by atoms with Gasteiger partial charge in [-0.3, -0.25) is 4.79 Å². The lowest BCUT2D eigenvalue weighted by Crippen LogP contribution is -2.47. The maximum Gasteiger partial charge on any atom is 0.317 e. The van der Waals surface area contributed by atoms with Gasteiger partial charge >= 0.3 is 24.1 Å². The summed E-state index contributed by atoms with van der Waals surface area (Å²) in [6, 6.07) is 55.0. The van der Waals surface area contributed by atoms with Crippen LogP contribution < -0.4 is 37.2 Å². The number of halogens is 8. The smallest absolute Gasteiger partial charge is 0.317 e. The second-order valence-corrected chi connectivity index (χ2v) is 39.6. The van der Waals surface area contributed by atoms with Crippen molar-refractivity contribution in [2.75, 3.05) is 60.5 Å². The SMILES string of the molecule is CC(C)(C)[C@H](CC(=O)O)Nc1cc(-c2ccccc2)nc(-c2c[nH]c3c(F)cc(F)cc23)n1.O=C(NC1CCCC(Nc2cc(-c3ccccc3)nc(-c3c[nH]c4c(F)cc(F)cc34)n2)C1)N1CCCC1.O=C(N[C@@H]1CCC[C@H](Nc2cc(-c3ccccc3)nc(-c3c[nH]c4c(F)cc(F)cc34)n2)C1)N1CCCC1.O=C(N[C@H]1CCC[C@@H](Nc2cc(-c3ccccc3)nc(-c3c[nH]c4c(F)cc(F)cc34)n2)C1)N1CCCC1. The molecule has 16 aromatic rings. The molecule has 22 rings (SSSR count). The number of nitrogens with zero attached hydrogens (tertiary/aromatic N) is 11. The van der Waals surface area contributed by atoms with Gasteiger partial charge in [0, 0.05) is 221 Å². The van der Waals surface area contributed by atoms with E-state index in [1.807, 2.05) is 175 Å². The molecule has 11 heterocycles. The van der Waals surface area contributed by atoms with Gasteiger partial charge in [0.25, 0.3) is 0 Å². The highest BCUT2D eigenvalue weighted by molar-refractivity contribution is 5.98. The van der Waals surface area contributed by atoms with Crippen LogP contribution in [0.25, 0.3) is 134 Å². The maximum absolute atomic E-state index is 14.4. The van der Waals surface area contributed by atoms with Gasteiger partial charge < -0.3 is 77.0 Å². The van der Waals surface area contributed by atoms with Crippen LogP contribution in [0.5, 0.6) is 0 Å². The molecule has 0 bridgehead atoms. The number of aromatic amines is 4. The van der Waals surface area contributed by atoms with Gasteiger partial charge in [-0.2, -0.15) is 0 Å². The summed E-state index contributed by atoms with van der Waals surface area (Å²) in [4.78, 5) is 104. The van der Waals surface area contributed by atoms with Crippen molar-refractivity contribution >= 4 is 90.9 Å². The third kappa shape index (κ3) is 24.2. The van der Waals surface area contributed by atoms with Gasteiger partial charge in [-0.1, -0.05) is 142 Å². The average molecular weight is 2000 g/mol. The highest BCUT2D eigenvalue weighted by Gasteiger charge is 2.34. The van der Waals surface area contributed by atoms with E-state index in [4.69, 9.17) is 29.9 Å². The van der Waals surface area contributed by atoms with Crippen LogP contribution >= 0.6 is 0 Å². The largest absolute Gasteiger partial charge is 0.481 e. The Balaban J connectivity index is 0.000000124. The van der Waals surface area contributed by atoms with Gasteiger partial charge in [0.1, 0.15) is 69.8 Å². The number of nitrogens with one attached hydrogen (secondary N) is 11. The van der Waals surface area contributed by atoms with E-state index >= 15 is 0 Å². The van der Waals surface area contributed by atoms with E-state index in [0.29, 0.717) is 107 Å². The Bertz CT molecular complexity index is 6880. The molecule has 27 nitrogen and oxygen atoms in total. The zero-order valence-corrected chi connectivity index (χ0v) is 81.5. The average Bonchev–Trinajstić information content (AvgIpc) is 1.66. The topological polar surface area (TPSA) is 349 Å². The van der Waals surface area contributed by atoms with E-state index in [0.717, 1.165) is 201 Å². The van der Waals surface area contributed by atoms with Gasteiger partial charge in [0.2, 0.25) is 0 Å². The molecular weight excluding hydrogens is 1890 g/mol. The molecule has 2 unspecified atom stereocenters. The highest BCUT2D eigenvalue weighted by atomic mass is 19.2. The zero-order valence-electron chi connectivity index (χ0n) is 81.5. The Morgan fingerprint density at radius 3 is 0.830 bits per heavy atom. The number of hydrogen-bond acceptors (Lipinski definition) is 16. The van der Waals surface area contributed by atoms with E-state index in [1.54, 1.807) is 30.9 Å². The van der Waals surface area contributed by atoms with Crippen molar-refractivity contribution in [1.29, 1.82) is 0 Å². The molecule has 35 heteroatoms. The molecule has 6 aliphatic rings. The van der Waals surface area contributed by atoms with E-state index in [-0.39, 0.29) is 94.1 Å². The maximum atomic E-state index is 14.4. The summed E-state index contributed by atoms with van der Waals surface area (Å²) < 4.78 is 114. The van der Waals surface area contributed by atoms with Crippen molar-refractivity contribution < 1.29 is 59.4 Å². The first-order valence-electron chi connectivity index (χ1n) is 50.3. The standard InChI is InChI=1S/3C29H30F2N6O.C25H24F2N4O2/c3*30-19-13-22-23(17-32-27(22)24(31)14-19)28-35-25(18-7-2-1-3-8-18)16-26(36-28)33-20-9-6-10-21(15-20)34-29(38)37-11-4-5-12-37;1-25(2,3)20(12-22(32)33)30-21-11-19(14-7-5-4-6-8-14)29-24(31-21)17-13-28-23-16(17)9-15(26)10-18(23)27/h3*1-3,7-8,13-14,16-17,20-21,32H,4-6,9-12,15H2,(H,34,38)(H,33,35,36);4-11,13,20,28H,12H2,1-3H3,(H,32,33)(H,29,30,31)/t2*20-,21+;;20-/m10.0/s1. The van der Waals surface area contributed by atoms with Crippen LogP contribution in [0.15, 0.2) is 219 Å². The molecule has 3 saturated heterocycles. The summed E-state index contributed by atoms with van der Waals surface area (Å²) in [5, 5.41) is 34.5. The first-order valence-corrected chi connectivity index (χ1v) is 50.3. The number of H-pyrrole nitrogens is 4. The van der Waals surface area contributed by atoms with E-state index in [9.17, 15) is 59.4 Å². The molecule has 8 aromatic heterocycles. The second-order valence-electron chi connectivity index (χ2n) is 39.6. The number of carboxylic acid groups (broad SMARTS) is 1. The number of hydrogen-bond donors (Lipinski definition) is 12. The molecule has 758 valence electrons. The van der Waals surface area contributed by atoms with Crippen molar-refractivity contribution in [3.05, 3.63) is 265 Å². The number of aliphatic carboxylic acids is 1. The molecule has 0 radical (unpaired) electrons. The van der Waals surface area contributed by atoms with Crippen molar-refractivity contribution in [2.45, 2.75) is 185 Å². The third-order valence-electron chi connectivity index (χ3n) is 28.0. The predicted molar refractivity (Wildman–Crippen MR) is 555 cm³/mol. The summed E-state index contributed by atoms with van der Waals surface area (Å²) in [7, 11) is 0. The molecule has 0 spiro atoms. The molecule has 147 heavy (non-hydrogen) atoms.